The van der Waals surface area contributed by atoms with Crippen molar-refractivity contribution in [3.05, 3.63) is 23.8 Å². The summed E-state index contributed by atoms with van der Waals surface area (Å²) in [6, 6.07) is 2.84. The second-order valence-electron chi connectivity index (χ2n) is 3.97. The summed E-state index contributed by atoms with van der Waals surface area (Å²) in [5, 5.41) is 7.28. The monoisotopic (exact) mass is 282 g/mol. The number of aromatic amines is 1. The molecule has 0 aliphatic rings. The molecule has 5 nitrogen and oxygen atoms in total. The smallest absolute Gasteiger partial charge is 0.213 e. The van der Waals surface area contributed by atoms with E-state index in [4.69, 9.17) is 10.5 Å². The van der Waals surface area contributed by atoms with Crippen LogP contribution in [0.5, 0.6) is 5.75 Å². The number of nitrogen functional groups attached to an aromatic ring is 1. The molecule has 19 heavy (non-hydrogen) atoms. The van der Waals surface area contributed by atoms with Crippen LogP contribution in [0.4, 0.5) is 10.1 Å². The minimum absolute atomic E-state index is 0.200. The maximum Gasteiger partial charge on any atom is 0.213 e. The second-order valence-corrected chi connectivity index (χ2v) is 4.98. The lowest BCUT2D eigenvalue weighted by atomic mass is 10.3. The largest absolute Gasteiger partial charge is 0.490 e. The summed E-state index contributed by atoms with van der Waals surface area (Å²) in [7, 11) is 0. The molecule has 0 radical (unpaired) electrons. The van der Waals surface area contributed by atoms with E-state index in [1.807, 2.05) is 6.92 Å². The Bertz CT molecular complexity index is 573. The first-order chi connectivity index (χ1) is 9.10. The molecule has 0 aliphatic heterocycles. The van der Waals surface area contributed by atoms with E-state index >= 15 is 0 Å². The molecule has 0 spiro atoms. The lowest BCUT2D eigenvalue weighted by molar-refractivity contribution is 0.300. The predicted octanol–water partition coefficient (Wildman–Crippen LogP) is 2.77. The van der Waals surface area contributed by atoms with Crippen LogP contribution in [-0.2, 0) is 0 Å². The number of nitrogens with one attached hydrogen (secondary N) is 1. The molecule has 0 aliphatic carbocycles. The van der Waals surface area contributed by atoms with Crippen molar-refractivity contribution >= 4 is 17.4 Å². The van der Waals surface area contributed by atoms with Gasteiger partial charge in [0.1, 0.15) is 5.82 Å². The van der Waals surface area contributed by atoms with Gasteiger partial charge in [-0.3, -0.25) is 5.10 Å². The lowest BCUT2D eigenvalue weighted by Gasteiger charge is -2.09. The van der Waals surface area contributed by atoms with Gasteiger partial charge in [-0.25, -0.2) is 9.37 Å². The third-order valence-electron chi connectivity index (χ3n) is 2.30. The van der Waals surface area contributed by atoms with Crippen LogP contribution in [0.2, 0.25) is 0 Å². The van der Waals surface area contributed by atoms with E-state index in [0.717, 1.165) is 6.42 Å². The first kappa shape index (κ1) is 13.7. The Kier molecular flexibility index (Phi) is 4.26. The van der Waals surface area contributed by atoms with Crippen molar-refractivity contribution in [1.29, 1.82) is 0 Å². The van der Waals surface area contributed by atoms with Gasteiger partial charge in [0.2, 0.25) is 5.16 Å². The Labute approximate surface area is 114 Å². The molecule has 1 aromatic carbocycles. The summed E-state index contributed by atoms with van der Waals surface area (Å²) >= 11 is 1.27. The Balaban J connectivity index is 2.24. The zero-order chi connectivity index (χ0) is 13.8. The van der Waals surface area contributed by atoms with Crippen LogP contribution in [0.1, 0.15) is 19.2 Å². The SMILES string of the molecule is CCCOc1cc(Sc2n[nH]c(C)n2)c(N)cc1F. The average molecular weight is 282 g/mol. The molecule has 1 heterocycles. The summed E-state index contributed by atoms with van der Waals surface area (Å²) in [4.78, 5) is 4.84. The molecular weight excluding hydrogens is 267 g/mol. The van der Waals surface area contributed by atoms with Gasteiger partial charge >= 0.3 is 0 Å². The van der Waals surface area contributed by atoms with Crippen LogP contribution in [-0.4, -0.2) is 21.8 Å². The Morgan fingerprint density at radius 2 is 2.26 bits per heavy atom. The minimum atomic E-state index is -0.457. The van der Waals surface area contributed by atoms with Gasteiger partial charge in [0.05, 0.1) is 6.61 Å². The Hall–Kier alpha value is -1.76. The summed E-state index contributed by atoms with van der Waals surface area (Å²) in [5.41, 5.74) is 6.13. The molecule has 0 bridgehead atoms. The van der Waals surface area contributed by atoms with Crippen molar-refractivity contribution < 1.29 is 9.13 Å². The second kappa shape index (κ2) is 5.92. The van der Waals surface area contributed by atoms with Gasteiger partial charge in [-0.05, 0) is 31.2 Å². The number of hydrogen-bond donors (Lipinski definition) is 2. The van der Waals surface area contributed by atoms with E-state index in [1.54, 1.807) is 13.0 Å². The highest BCUT2D eigenvalue weighted by atomic mass is 32.2. The fraction of sp³-hybridized carbons (Fsp3) is 0.333. The van der Waals surface area contributed by atoms with E-state index in [1.165, 1.54) is 17.8 Å². The van der Waals surface area contributed by atoms with Crippen LogP contribution >= 0.6 is 11.8 Å². The lowest BCUT2D eigenvalue weighted by Crippen LogP contribution is -1.99. The van der Waals surface area contributed by atoms with E-state index < -0.39 is 5.82 Å². The summed E-state index contributed by atoms with van der Waals surface area (Å²) in [6.07, 6.45) is 0.812. The number of aromatic nitrogens is 3. The highest BCUT2D eigenvalue weighted by Gasteiger charge is 2.12. The molecular formula is C12H15FN4OS. The van der Waals surface area contributed by atoms with Crippen LogP contribution in [0.25, 0.3) is 0 Å². The molecule has 7 heteroatoms. The van der Waals surface area contributed by atoms with Gasteiger partial charge in [-0.2, -0.15) is 0 Å². The first-order valence-corrected chi connectivity index (χ1v) is 6.70. The van der Waals surface area contributed by atoms with Crippen molar-refractivity contribution in [3.63, 3.8) is 0 Å². The number of ether oxygens (including phenoxy) is 1. The number of aryl methyl sites for hydroxylation is 1. The highest BCUT2D eigenvalue weighted by molar-refractivity contribution is 7.99. The molecule has 3 N–H and O–H groups in total. The van der Waals surface area contributed by atoms with Crippen LogP contribution in [0.3, 0.4) is 0 Å². The Morgan fingerprint density at radius 1 is 1.47 bits per heavy atom. The van der Waals surface area contributed by atoms with Gasteiger partial charge < -0.3 is 10.5 Å². The van der Waals surface area contributed by atoms with Gasteiger partial charge in [0, 0.05) is 16.6 Å². The van der Waals surface area contributed by atoms with E-state index in [0.29, 0.717) is 28.2 Å². The van der Waals surface area contributed by atoms with E-state index in [9.17, 15) is 4.39 Å². The summed E-state index contributed by atoms with van der Waals surface area (Å²) < 4.78 is 19.0. The molecule has 0 unspecified atom stereocenters. The zero-order valence-corrected chi connectivity index (χ0v) is 11.6. The van der Waals surface area contributed by atoms with Crippen molar-refractivity contribution in [2.45, 2.75) is 30.3 Å². The third kappa shape index (κ3) is 3.37. The standard InChI is InChI=1S/C12H15FN4OS/c1-3-4-18-10-6-11(9(14)5-8(10)13)19-12-15-7(2)16-17-12/h5-6H,3-4,14H2,1-2H3,(H,15,16,17). The summed E-state index contributed by atoms with van der Waals surface area (Å²) in [5.74, 6) is 0.456. The average Bonchev–Trinajstić information content (AvgIpc) is 2.77. The number of benzene rings is 1. The molecule has 0 fully saturated rings. The van der Waals surface area contributed by atoms with Gasteiger partial charge in [0.25, 0.3) is 0 Å². The first-order valence-electron chi connectivity index (χ1n) is 5.88. The topological polar surface area (TPSA) is 76.8 Å². The molecule has 0 saturated heterocycles. The van der Waals surface area contributed by atoms with Crippen molar-refractivity contribution in [2.24, 2.45) is 0 Å². The maximum absolute atomic E-state index is 13.6. The number of halogens is 1. The summed E-state index contributed by atoms with van der Waals surface area (Å²) in [6.45, 7) is 4.23. The number of anilines is 1. The number of hydrogen-bond acceptors (Lipinski definition) is 5. The quantitative estimate of drug-likeness (QED) is 0.825. The highest BCUT2D eigenvalue weighted by Crippen LogP contribution is 2.34. The molecule has 102 valence electrons. The third-order valence-corrected chi connectivity index (χ3v) is 3.24. The van der Waals surface area contributed by atoms with E-state index in [2.05, 4.69) is 15.2 Å². The van der Waals surface area contributed by atoms with Crippen LogP contribution < -0.4 is 10.5 Å². The number of nitrogens with zero attached hydrogens (tertiary/aromatic N) is 2. The number of nitrogens with two attached hydrogens (primary N) is 1. The normalized spacial score (nSPS) is 10.7. The minimum Gasteiger partial charge on any atom is -0.490 e. The van der Waals surface area contributed by atoms with Crippen LogP contribution in [0.15, 0.2) is 22.2 Å². The molecule has 0 atom stereocenters. The zero-order valence-electron chi connectivity index (χ0n) is 10.7. The van der Waals surface area contributed by atoms with Gasteiger partial charge in [-0.15, -0.1) is 5.10 Å². The van der Waals surface area contributed by atoms with Crippen molar-refractivity contribution in [3.8, 4) is 5.75 Å². The Morgan fingerprint density at radius 3 is 2.89 bits per heavy atom. The van der Waals surface area contributed by atoms with Crippen LogP contribution in [0, 0.1) is 12.7 Å². The molecule has 0 saturated carbocycles. The fourth-order valence-corrected chi connectivity index (χ4v) is 2.24. The van der Waals surface area contributed by atoms with E-state index in [-0.39, 0.29) is 5.75 Å². The molecule has 2 rings (SSSR count). The maximum atomic E-state index is 13.6. The number of H-pyrrole nitrogens is 1. The predicted molar refractivity (Wildman–Crippen MR) is 71.8 cm³/mol. The molecule has 0 amide bonds. The van der Waals surface area contributed by atoms with Crippen molar-refractivity contribution in [2.75, 3.05) is 12.3 Å². The molecule has 1 aromatic heterocycles. The van der Waals surface area contributed by atoms with Gasteiger partial charge in [0.15, 0.2) is 11.6 Å². The van der Waals surface area contributed by atoms with Crippen molar-refractivity contribution in [1.82, 2.24) is 15.2 Å². The fourth-order valence-electron chi connectivity index (χ4n) is 1.43. The number of rotatable bonds is 5. The van der Waals surface area contributed by atoms with Gasteiger partial charge in [-0.1, -0.05) is 6.92 Å². The molecule has 2 aromatic rings.